The van der Waals surface area contributed by atoms with E-state index in [2.05, 4.69) is 16.3 Å². The van der Waals surface area contributed by atoms with Crippen molar-refractivity contribution in [3.05, 3.63) is 35.5 Å². The zero-order chi connectivity index (χ0) is 17.8. The van der Waals surface area contributed by atoms with Gasteiger partial charge in [-0.2, -0.15) is 5.26 Å². The first kappa shape index (κ1) is 17.0. The van der Waals surface area contributed by atoms with Gasteiger partial charge in [0.2, 0.25) is 0 Å². The number of rotatable bonds is 5. The molecule has 0 spiro atoms. The monoisotopic (exact) mass is 342 g/mol. The van der Waals surface area contributed by atoms with Gasteiger partial charge in [0.1, 0.15) is 11.8 Å². The smallest absolute Gasteiger partial charge is 0.277 e. The highest BCUT2D eigenvalue weighted by Gasteiger charge is 2.30. The molecule has 3 rings (SSSR count). The normalized spacial score (nSPS) is 17.5. The number of amides is 2. The SMILES string of the molecule is N#Cc1cc(NC2=CC(=O)N(CCO)C2=O)ccc1N1CCOCC1. The van der Waals surface area contributed by atoms with E-state index in [-0.39, 0.29) is 18.8 Å². The molecule has 1 aromatic carbocycles. The molecule has 1 saturated heterocycles. The van der Waals surface area contributed by atoms with Crippen molar-refractivity contribution >= 4 is 23.2 Å². The summed E-state index contributed by atoms with van der Waals surface area (Å²) in [6, 6.07) is 7.40. The average Bonchev–Trinajstić information content (AvgIpc) is 2.90. The molecule has 130 valence electrons. The number of ether oxygens (including phenoxy) is 1. The number of aliphatic hydroxyl groups is 1. The minimum atomic E-state index is -0.491. The molecular formula is C17H18N4O4. The van der Waals surface area contributed by atoms with Crippen LogP contribution in [0.5, 0.6) is 0 Å². The van der Waals surface area contributed by atoms with Crippen molar-refractivity contribution in [2.45, 2.75) is 0 Å². The largest absolute Gasteiger partial charge is 0.395 e. The number of carbonyl (C=O) groups is 2. The summed E-state index contributed by atoms with van der Waals surface area (Å²) < 4.78 is 5.32. The lowest BCUT2D eigenvalue weighted by Crippen LogP contribution is -2.36. The van der Waals surface area contributed by atoms with Crippen LogP contribution in [0.15, 0.2) is 30.0 Å². The Morgan fingerprint density at radius 2 is 2.04 bits per heavy atom. The Balaban J connectivity index is 1.78. The van der Waals surface area contributed by atoms with Gasteiger partial charge in [-0.05, 0) is 18.2 Å². The number of imide groups is 1. The van der Waals surface area contributed by atoms with Crippen molar-refractivity contribution in [3.63, 3.8) is 0 Å². The van der Waals surface area contributed by atoms with Gasteiger partial charge in [-0.1, -0.05) is 0 Å². The first-order chi connectivity index (χ1) is 12.1. The summed E-state index contributed by atoms with van der Waals surface area (Å²) in [6.45, 7) is 2.35. The van der Waals surface area contributed by atoms with Gasteiger partial charge in [-0.25, -0.2) is 0 Å². The third kappa shape index (κ3) is 3.47. The first-order valence-electron chi connectivity index (χ1n) is 7.96. The Kier molecular flexibility index (Phi) is 4.97. The van der Waals surface area contributed by atoms with E-state index >= 15 is 0 Å². The predicted octanol–water partition coefficient (Wildman–Crippen LogP) is 0.0518. The van der Waals surface area contributed by atoms with Crippen LogP contribution in [-0.2, 0) is 14.3 Å². The Morgan fingerprint density at radius 3 is 2.72 bits per heavy atom. The van der Waals surface area contributed by atoms with Crippen molar-refractivity contribution in [1.29, 1.82) is 5.26 Å². The number of nitriles is 1. The van der Waals surface area contributed by atoms with Gasteiger partial charge in [0.15, 0.2) is 0 Å². The summed E-state index contributed by atoms with van der Waals surface area (Å²) in [6.07, 6.45) is 1.19. The Bertz CT molecular complexity index is 762. The van der Waals surface area contributed by atoms with Crippen molar-refractivity contribution in [2.75, 3.05) is 49.7 Å². The van der Waals surface area contributed by atoms with E-state index in [1.807, 2.05) is 6.07 Å². The second-order valence-corrected chi connectivity index (χ2v) is 5.64. The van der Waals surface area contributed by atoms with Crippen LogP contribution in [-0.4, -0.2) is 61.3 Å². The second kappa shape index (κ2) is 7.34. The quantitative estimate of drug-likeness (QED) is 0.728. The summed E-state index contributed by atoms with van der Waals surface area (Å²) in [7, 11) is 0. The standard InChI is InChI=1S/C17H18N4O4/c18-11-12-9-13(1-2-15(12)20-4-7-25-8-5-20)19-14-10-16(23)21(3-6-22)17(14)24/h1-2,9-10,19,22H,3-8H2. The van der Waals surface area contributed by atoms with E-state index < -0.39 is 11.8 Å². The van der Waals surface area contributed by atoms with Crippen LogP contribution in [0.1, 0.15) is 5.56 Å². The first-order valence-corrected chi connectivity index (χ1v) is 7.96. The minimum absolute atomic E-state index is 0.0429. The van der Waals surface area contributed by atoms with E-state index in [9.17, 15) is 14.9 Å². The topological polar surface area (TPSA) is 106 Å². The van der Waals surface area contributed by atoms with E-state index in [0.717, 1.165) is 23.7 Å². The third-order valence-electron chi connectivity index (χ3n) is 4.08. The number of nitrogens with one attached hydrogen (secondary N) is 1. The van der Waals surface area contributed by atoms with E-state index in [0.29, 0.717) is 24.5 Å². The zero-order valence-electron chi connectivity index (χ0n) is 13.6. The Labute approximate surface area is 144 Å². The summed E-state index contributed by atoms with van der Waals surface area (Å²) in [5, 5.41) is 21.2. The lowest BCUT2D eigenvalue weighted by Gasteiger charge is -2.29. The molecule has 0 aromatic heterocycles. The molecule has 25 heavy (non-hydrogen) atoms. The fraction of sp³-hybridized carbons (Fsp3) is 0.353. The van der Waals surface area contributed by atoms with Crippen molar-refractivity contribution < 1.29 is 19.4 Å². The average molecular weight is 342 g/mol. The molecule has 1 aromatic rings. The van der Waals surface area contributed by atoms with Crippen LogP contribution in [0.2, 0.25) is 0 Å². The van der Waals surface area contributed by atoms with E-state index in [4.69, 9.17) is 9.84 Å². The lowest BCUT2D eigenvalue weighted by molar-refractivity contribution is -0.137. The molecule has 0 radical (unpaired) electrons. The van der Waals surface area contributed by atoms with Crippen LogP contribution in [0.25, 0.3) is 0 Å². The number of benzene rings is 1. The van der Waals surface area contributed by atoms with Gasteiger partial charge in [-0.3, -0.25) is 14.5 Å². The van der Waals surface area contributed by atoms with Crippen LogP contribution < -0.4 is 10.2 Å². The van der Waals surface area contributed by atoms with Crippen molar-refractivity contribution in [2.24, 2.45) is 0 Å². The minimum Gasteiger partial charge on any atom is -0.395 e. The molecule has 1 fully saturated rings. The maximum atomic E-state index is 12.2. The number of nitrogens with zero attached hydrogens (tertiary/aromatic N) is 3. The van der Waals surface area contributed by atoms with Gasteiger partial charge >= 0.3 is 0 Å². The summed E-state index contributed by atoms with van der Waals surface area (Å²) in [5.74, 6) is -0.957. The van der Waals surface area contributed by atoms with Gasteiger partial charge in [-0.15, -0.1) is 0 Å². The van der Waals surface area contributed by atoms with Crippen molar-refractivity contribution in [1.82, 2.24) is 4.90 Å². The number of β-amino-alcohol motifs (C(OH)–C–C–N with tert-alkyl or cyclic N) is 1. The molecule has 0 unspecified atom stereocenters. The zero-order valence-corrected chi connectivity index (χ0v) is 13.6. The summed E-state index contributed by atoms with van der Waals surface area (Å²) >= 11 is 0. The van der Waals surface area contributed by atoms with Gasteiger partial charge in [0.25, 0.3) is 11.8 Å². The molecule has 0 aliphatic carbocycles. The Morgan fingerprint density at radius 1 is 1.28 bits per heavy atom. The van der Waals surface area contributed by atoms with E-state index in [1.165, 1.54) is 6.08 Å². The molecule has 2 aliphatic rings. The van der Waals surface area contributed by atoms with Gasteiger partial charge in [0, 0.05) is 24.9 Å². The number of carbonyl (C=O) groups excluding carboxylic acids is 2. The molecule has 2 amide bonds. The Hall–Kier alpha value is -2.89. The van der Waals surface area contributed by atoms with Gasteiger partial charge < -0.3 is 20.1 Å². The summed E-state index contributed by atoms with van der Waals surface area (Å²) in [5.41, 5.74) is 1.98. The highest BCUT2D eigenvalue weighted by molar-refractivity contribution is 6.17. The highest BCUT2D eigenvalue weighted by atomic mass is 16.5. The molecule has 0 atom stereocenters. The predicted molar refractivity (Wildman–Crippen MR) is 89.7 cm³/mol. The summed E-state index contributed by atoms with van der Waals surface area (Å²) in [4.78, 5) is 27.0. The van der Waals surface area contributed by atoms with Crippen molar-refractivity contribution in [3.8, 4) is 6.07 Å². The molecule has 0 bridgehead atoms. The van der Waals surface area contributed by atoms with Gasteiger partial charge in [0.05, 0.1) is 37.6 Å². The van der Waals surface area contributed by atoms with E-state index in [1.54, 1.807) is 12.1 Å². The highest BCUT2D eigenvalue weighted by Crippen LogP contribution is 2.26. The van der Waals surface area contributed by atoms with Crippen LogP contribution in [0.4, 0.5) is 11.4 Å². The molecular weight excluding hydrogens is 324 g/mol. The maximum absolute atomic E-state index is 12.2. The number of morpholine rings is 1. The molecule has 8 heteroatoms. The van der Waals surface area contributed by atoms with Crippen LogP contribution >= 0.6 is 0 Å². The molecule has 8 nitrogen and oxygen atoms in total. The number of anilines is 2. The maximum Gasteiger partial charge on any atom is 0.277 e. The van der Waals surface area contributed by atoms with Crippen LogP contribution in [0, 0.1) is 11.3 Å². The fourth-order valence-corrected chi connectivity index (χ4v) is 2.85. The number of hydrogen-bond donors (Lipinski definition) is 2. The number of hydrogen-bond acceptors (Lipinski definition) is 7. The molecule has 0 saturated carbocycles. The third-order valence-corrected chi connectivity index (χ3v) is 4.08. The molecule has 2 heterocycles. The molecule has 2 aliphatic heterocycles. The second-order valence-electron chi connectivity index (χ2n) is 5.64. The lowest BCUT2D eigenvalue weighted by atomic mass is 10.1. The number of aliphatic hydroxyl groups excluding tert-OH is 1. The molecule has 2 N–H and O–H groups in total. The van der Waals surface area contributed by atoms with Crippen LogP contribution in [0.3, 0.4) is 0 Å². The fourth-order valence-electron chi connectivity index (χ4n) is 2.85.